The van der Waals surface area contributed by atoms with Crippen molar-refractivity contribution in [1.82, 2.24) is 4.31 Å². The fourth-order valence-electron chi connectivity index (χ4n) is 3.75. The van der Waals surface area contributed by atoms with Crippen LogP contribution >= 0.6 is 0 Å². The van der Waals surface area contributed by atoms with Crippen molar-refractivity contribution in [2.45, 2.75) is 30.0 Å². The molecule has 4 rings (SSSR count). The summed E-state index contributed by atoms with van der Waals surface area (Å²) in [4.78, 5) is 12.9. The number of halogens is 3. The monoisotopic (exact) mass is 448 g/mol. The molecule has 3 aromatic carbocycles. The number of anilines is 1. The third-order valence-electron chi connectivity index (χ3n) is 5.29. The van der Waals surface area contributed by atoms with Gasteiger partial charge in [-0.3, -0.25) is 4.79 Å². The summed E-state index contributed by atoms with van der Waals surface area (Å²) in [5.74, 6) is -0.652. The molecule has 1 aliphatic heterocycles. The lowest BCUT2D eigenvalue weighted by atomic mass is 10.1. The Kier molecular flexibility index (Phi) is 5.49. The summed E-state index contributed by atoms with van der Waals surface area (Å²) in [7, 11) is -3.96. The second kappa shape index (κ2) is 7.97. The Morgan fingerprint density at radius 3 is 2.45 bits per heavy atom. The number of amides is 1. The smallest absolute Gasteiger partial charge is 0.325 e. The van der Waals surface area contributed by atoms with E-state index in [-0.39, 0.29) is 23.5 Å². The summed E-state index contributed by atoms with van der Waals surface area (Å²) in [5.41, 5.74) is -0.924. The van der Waals surface area contributed by atoms with Gasteiger partial charge < -0.3 is 5.32 Å². The normalized spacial score (nSPS) is 17.7. The van der Waals surface area contributed by atoms with E-state index in [0.717, 1.165) is 27.2 Å². The molecule has 1 N–H and O–H groups in total. The van der Waals surface area contributed by atoms with Crippen LogP contribution in [0, 0.1) is 0 Å². The number of hydrogen-bond donors (Lipinski definition) is 1. The number of carbonyl (C=O) groups is 1. The quantitative estimate of drug-likeness (QED) is 0.632. The van der Waals surface area contributed by atoms with Gasteiger partial charge in [0.15, 0.2) is 0 Å². The molecule has 0 bridgehead atoms. The molecule has 0 aromatic heterocycles. The third kappa shape index (κ3) is 4.28. The van der Waals surface area contributed by atoms with E-state index >= 15 is 0 Å². The number of rotatable bonds is 4. The van der Waals surface area contributed by atoms with Crippen molar-refractivity contribution < 1.29 is 26.4 Å². The Hall–Kier alpha value is -2.91. The van der Waals surface area contributed by atoms with Crippen LogP contribution in [0.2, 0.25) is 0 Å². The first kappa shape index (κ1) is 21.3. The van der Waals surface area contributed by atoms with Crippen LogP contribution in [-0.2, 0) is 21.0 Å². The summed E-state index contributed by atoms with van der Waals surface area (Å²) >= 11 is 0. The maximum absolute atomic E-state index is 13.2. The van der Waals surface area contributed by atoms with E-state index in [1.165, 1.54) is 18.2 Å². The summed E-state index contributed by atoms with van der Waals surface area (Å²) in [6.45, 7) is 0.163. The zero-order chi connectivity index (χ0) is 22.2. The Balaban J connectivity index is 1.58. The first-order valence-corrected chi connectivity index (χ1v) is 11.1. The highest BCUT2D eigenvalue weighted by atomic mass is 32.2. The molecule has 0 spiro atoms. The van der Waals surface area contributed by atoms with Gasteiger partial charge in [0.25, 0.3) is 0 Å². The molecule has 0 radical (unpaired) electrons. The Morgan fingerprint density at radius 1 is 0.968 bits per heavy atom. The molecule has 0 aliphatic carbocycles. The second-order valence-electron chi connectivity index (χ2n) is 7.35. The molecule has 1 fully saturated rings. The van der Waals surface area contributed by atoms with Crippen molar-refractivity contribution in [3.63, 3.8) is 0 Å². The molecular formula is C22H19F3N2O3S. The average Bonchev–Trinajstić information content (AvgIpc) is 3.24. The molecular weight excluding hydrogens is 429 g/mol. The van der Waals surface area contributed by atoms with Gasteiger partial charge in [-0.25, -0.2) is 8.42 Å². The summed E-state index contributed by atoms with van der Waals surface area (Å²) in [5, 5.41) is 4.08. The van der Waals surface area contributed by atoms with Crippen LogP contribution in [0.3, 0.4) is 0 Å². The number of sulfonamides is 1. The molecule has 1 heterocycles. The Bertz CT molecular complexity index is 1240. The van der Waals surface area contributed by atoms with Crippen LogP contribution in [0.4, 0.5) is 18.9 Å². The molecule has 1 saturated heterocycles. The fraction of sp³-hybridized carbons (Fsp3) is 0.227. The van der Waals surface area contributed by atoms with E-state index in [2.05, 4.69) is 5.32 Å². The number of benzene rings is 3. The number of nitrogens with zero attached hydrogens (tertiary/aromatic N) is 1. The van der Waals surface area contributed by atoms with Gasteiger partial charge >= 0.3 is 6.18 Å². The van der Waals surface area contributed by atoms with Crippen molar-refractivity contribution in [3.8, 4) is 0 Å². The van der Waals surface area contributed by atoms with Gasteiger partial charge in [0.2, 0.25) is 15.9 Å². The first-order valence-electron chi connectivity index (χ1n) is 9.65. The minimum atomic E-state index is -4.54. The predicted molar refractivity (Wildman–Crippen MR) is 111 cm³/mol. The van der Waals surface area contributed by atoms with Crippen LogP contribution in [0.1, 0.15) is 18.4 Å². The second-order valence-corrected chi connectivity index (χ2v) is 9.24. The van der Waals surface area contributed by atoms with Crippen molar-refractivity contribution in [2.75, 3.05) is 11.9 Å². The zero-order valence-electron chi connectivity index (χ0n) is 16.3. The van der Waals surface area contributed by atoms with Gasteiger partial charge in [-0.2, -0.15) is 17.5 Å². The van der Waals surface area contributed by atoms with E-state index in [9.17, 15) is 26.4 Å². The van der Waals surface area contributed by atoms with Crippen LogP contribution < -0.4 is 5.32 Å². The minimum Gasteiger partial charge on any atom is -0.325 e. The summed E-state index contributed by atoms with van der Waals surface area (Å²) in [6, 6.07) is 15.4. The third-order valence-corrected chi connectivity index (χ3v) is 7.20. The van der Waals surface area contributed by atoms with Crippen molar-refractivity contribution in [1.29, 1.82) is 0 Å². The van der Waals surface area contributed by atoms with Crippen LogP contribution in [0.25, 0.3) is 10.8 Å². The predicted octanol–water partition coefficient (Wildman–Crippen LogP) is 4.65. The molecule has 1 atom stereocenters. The largest absolute Gasteiger partial charge is 0.416 e. The van der Waals surface area contributed by atoms with Gasteiger partial charge in [0.1, 0.15) is 6.04 Å². The molecule has 5 nitrogen and oxygen atoms in total. The Morgan fingerprint density at radius 2 is 1.71 bits per heavy atom. The number of nitrogens with one attached hydrogen (secondary N) is 1. The molecule has 162 valence electrons. The lowest BCUT2D eigenvalue weighted by Gasteiger charge is -2.23. The van der Waals surface area contributed by atoms with E-state index in [1.807, 2.05) is 12.1 Å². The van der Waals surface area contributed by atoms with Crippen LogP contribution in [0.5, 0.6) is 0 Å². The molecule has 31 heavy (non-hydrogen) atoms. The number of carbonyl (C=O) groups excluding carboxylic acids is 1. The van der Waals surface area contributed by atoms with E-state index in [4.69, 9.17) is 0 Å². The first-order chi connectivity index (χ1) is 14.7. The van der Waals surface area contributed by atoms with Gasteiger partial charge in [-0.05, 0) is 53.9 Å². The van der Waals surface area contributed by atoms with Crippen molar-refractivity contribution >= 4 is 32.4 Å². The minimum absolute atomic E-state index is 0.0326. The molecule has 0 saturated carbocycles. The van der Waals surface area contributed by atoms with Crippen LogP contribution in [-0.4, -0.2) is 31.2 Å². The SMILES string of the molecule is O=C(Nc1cccc(C(F)(F)F)c1)[C@@H]1CCCN1S(=O)(=O)c1ccc2ccccc2c1. The number of hydrogen-bond acceptors (Lipinski definition) is 3. The van der Waals surface area contributed by atoms with E-state index < -0.39 is 33.7 Å². The summed E-state index contributed by atoms with van der Waals surface area (Å²) in [6.07, 6.45) is -3.77. The lowest BCUT2D eigenvalue weighted by Crippen LogP contribution is -2.43. The highest BCUT2D eigenvalue weighted by molar-refractivity contribution is 7.89. The van der Waals surface area contributed by atoms with Crippen LogP contribution in [0.15, 0.2) is 71.6 Å². The van der Waals surface area contributed by atoms with Gasteiger partial charge in [-0.1, -0.05) is 36.4 Å². The highest BCUT2D eigenvalue weighted by Crippen LogP contribution is 2.32. The maximum Gasteiger partial charge on any atom is 0.416 e. The van der Waals surface area contributed by atoms with E-state index in [1.54, 1.807) is 24.3 Å². The lowest BCUT2D eigenvalue weighted by molar-refractivity contribution is -0.137. The van der Waals surface area contributed by atoms with Crippen molar-refractivity contribution in [3.05, 3.63) is 72.3 Å². The van der Waals surface area contributed by atoms with E-state index in [0.29, 0.717) is 6.42 Å². The topological polar surface area (TPSA) is 66.5 Å². The molecule has 1 aliphatic rings. The standard InChI is InChI=1S/C22H19F3N2O3S/c23-22(24,25)17-7-3-8-18(14-17)26-21(28)20-9-4-12-27(20)31(29,30)19-11-10-15-5-1-2-6-16(15)13-19/h1-3,5-8,10-11,13-14,20H,4,9,12H2,(H,26,28)/t20-/m0/s1. The summed E-state index contributed by atoms with van der Waals surface area (Å²) < 4.78 is 66.4. The van der Waals surface area contributed by atoms with Gasteiger partial charge in [0, 0.05) is 12.2 Å². The number of alkyl halides is 3. The molecule has 1 amide bonds. The van der Waals surface area contributed by atoms with Gasteiger partial charge in [-0.15, -0.1) is 0 Å². The zero-order valence-corrected chi connectivity index (χ0v) is 17.1. The average molecular weight is 448 g/mol. The molecule has 0 unspecified atom stereocenters. The molecule has 3 aromatic rings. The number of fused-ring (bicyclic) bond motifs is 1. The highest BCUT2D eigenvalue weighted by Gasteiger charge is 2.39. The Labute approximate surface area is 177 Å². The van der Waals surface area contributed by atoms with Crippen molar-refractivity contribution in [2.24, 2.45) is 0 Å². The molecule has 9 heteroatoms. The fourth-order valence-corrected chi connectivity index (χ4v) is 5.44. The maximum atomic E-state index is 13.2. The van der Waals surface area contributed by atoms with Gasteiger partial charge in [0.05, 0.1) is 10.5 Å².